The number of carboxylic acids is 1. The molecule has 0 aromatic carbocycles. The monoisotopic (exact) mass is 172 g/mol. The summed E-state index contributed by atoms with van der Waals surface area (Å²) in [4.78, 5) is 10.6. The second-order valence-corrected chi connectivity index (χ2v) is 3.79. The fourth-order valence-corrected chi connectivity index (χ4v) is 1.82. The Balaban J connectivity index is 4.46. The third-order valence-electron chi connectivity index (χ3n) is 3.14. The summed E-state index contributed by atoms with van der Waals surface area (Å²) in [5, 5.41) is 8.76. The van der Waals surface area contributed by atoms with Crippen molar-refractivity contribution in [1.82, 2.24) is 0 Å². The number of carbonyl (C=O) groups is 1. The number of hydrogen-bond acceptors (Lipinski definition) is 1. The van der Waals surface area contributed by atoms with Gasteiger partial charge >= 0.3 is 5.97 Å². The maximum Gasteiger partial charge on any atom is 0.303 e. The summed E-state index contributed by atoms with van der Waals surface area (Å²) in [5.74, 6) is -0.226. The van der Waals surface area contributed by atoms with Crippen molar-refractivity contribution in [3.05, 3.63) is 0 Å². The van der Waals surface area contributed by atoms with Crippen LogP contribution in [0.4, 0.5) is 0 Å². The topological polar surface area (TPSA) is 37.3 Å². The molecule has 0 fully saturated rings. The fourth-order valence-electron chi connectivity index (χ4n) is 1.82. The maximum atomic E-state index is 10.6. The predicted octanol–water partition coefficient (Wildman–Crippen LogP) is 2.92. The number of rotatable bonds is 5. The first-order chi connectivity index (χ1) is 5.48. The lowest BCUT2D eigenvalue weighted by atomic mass is 9.70. The molecular formula is C10H20O2. The summed E-state index contributed by atoms with van der Waals surface area (Å²) >= 11 is 0. The molecule has 0 unspecified atom stereocenters. The van der Waals surface area contributed by atoms with Crippen molar-refractivity contribution in [2.45, 2.75) is 47.0 Å². The molecule has 0 bridgehead atoms. The average molecular weight is 172 g/mol. The highest BCUT2D eigenvalue weighted by Crippen LogP contribution is 2.38. The molecule has 0 saturated heterocycles. The molecular weight excluding hydrogens is 152 g/mol. The fraction of sp³-hybridized carbons (Fsp3) is 0.900. The van der Waals surface area contributed by atoms with E-state index in [0.717, 1.165) is 12.8 Å². The van der Waals surface area contributed by atoms with Crippen LogP contribution in [-0.4, -0.2) is 11.1 Å². The van der Waals surface area contributed by atoms with Crippen molar-refractivity contribution < 1.29 is 9.90 Å². The Kier molecular flexibility index (Phi) is 4.29. The van der Waals surface area contributed by atoms with E-state index in [9.17, 15) is 4.79 Å². The van der Waals surface area contributed by atoms with Crippen LogP contribution in [0.2, 0.25) is 0 Å². The Bertz CT molecular complexity index is 146. The van der Waals surface area contributed by atoms with Crippen molar-refractivity contribution in [2.75, 3.05) is 0 Å². The van der Waals surface area contributed by atoms with E-state index in [1.807, 2.05) is 0 Å². The summed E-state index contributed by atoms with van der Waals surface area (Å²) in [6.07, 6.45) is 2.21. The molecule has 12 heavy (non-hydrogen) atoms. The SMILES string of the molecule is CCC(CC)(CC(=O)O)C(C)C. The Morgan fingerprint density at radius 2 is 1.75 bits per heavy atom. The molecule has 0 aliphatic heterocycles. The number of hydrogen-bond donors (Lipinski definition) is 1. The second kappa shape index (κ2) is 4.48. The predicted molar refractivity (Wildman–Crippen MR) is 50.1 cm³/mol. The van der Waals surface area contributed by atoms with Crippen molar-refractivity contribution in [1.29, 1.82) is 0 Å². The van der Waals surface area contributed by atoms with Crippen LogP contribution in [0.3, 0.4) is 0 Å². The Morgan fingerprint density at radius 3 is 1.83 bits per heavy atom. The molecule has 0 spiro atoms. The van der Waals surface area contributed by atoms with E-state index >= 15 is 0 Å². The van der Waals surface area contributed by atoms with Crippen LogP contribution in [0.25, 0.3) is 0 Å². The minimum absolute atomic E-state index is 0.00579. The van der Waals surface area contributed by atoms with Gasteiger partial charge in [-0.05, 0) is 24.2 Å². The normalized spacial score (nSPS) is 12.1. The van der Waals surface area contributed by atoms with Gasteiger partial charge in [-0.1, -0.05) is 27.7 Å². The third kappa shape index (κ3) is 2.50. The van der Waals surface area contributed by atoms with Gasteiger partial charge in [-0.15, -0.1) is 0 Å². The minimum Gasteiger partial charge on any atom is -0.481 e. The van der Waals surface area contributed by atoms with E-state index in [1.165, 1.54) is 0 Å². The van der Waals surface area contributed by atoms with Gasteiger partial charge in [0.2, 0.25) is 0 Å². The van der Waals surface area contributed by atoms with Crippen LogP contribution >= 0.6 is 0 Å². The van der Waals surface area contributed by atoms with Gasteiger partial charge in [-0.2, -0.15) is 0 Å². The molecule has 2 nitrogen and oxygen atoms in total. The molecule has 0 saturated carbocycles. The first-order valence-electron chi connectivity index (χ1n) is 4.70. The van der Waals surface area contributed by atoms with Gasteiger partial charge in [0.25, 0.3) is 0 Å². The molecule has 72 valence electrons. The molecule has 2 heteroatoms. The van der Waals surface area contributed by atoms with Crippen LogP contribution in [0.5, 0.6) is 0 Å². The van der Waals surface area contributed by atoms with Gasteiger partial charge in [0, 0.05) is 0 Å². The minimum atomic E-state index is -0.674. The van der Waals surface area contributed by atoms with Gasteiger partial charge in [-0.25, -0.2) is 0 Å². The second-order valence-electron chi connectivity index (χ2n) is 3.79. The largest absolute Gasteiger partial charge is 0.481 e. The highest BCUT2D eigenvalue weighted by atomic mass is 16.4. The molecule has 0 radical (unpaired) electrons. The third-order valence-corrected chi connectivity index (χ3v) is 3.14. The molecule has 0 atom stereocenters. The molecule has 1 N–H and O–H groups in total. The molecule has 0 aliphatic carbocycles. The summed E-state index contributed by atoms with van der Waals surface area (Å²) in [7, 11) is 0. The molecule has 0 aromatic heterocycles. The molecule has 0 rings (SSSR count). The van der Waals surface area contributed by atoms with Crippen LogP contribution in [0, 0.1) is 11.3 Å². The highest BCUT2D eigenvalue weighted by molar-refractivity contribution is 5.67. The van der Waals surface area contributed by atoms with E-state index in [4.69, 9.17) is 5.11 Å². The summed E-state index contributed by atoms with van der Waals surface area (Å²) in [5.41, 5.74) is 0.00579. The average Bonchev–Trinajstić information content (AvgIpc) is 1.99. The Labute approximate surface area is 75.0 Å². The van der Waals surface area contributed by atoms with E-state index < -0.39 is 5.97 Å². The summed E-state index contributed by atoms with van der Waals surface area (Å²) in [6.45, 7) is 8.37. The first-order valence-corrected chi connectivity index (χ1v) is 4.70. The van der Waals surface area contributed by atoms with Crippen molar-refractivity contribution in [3.8, 4) is 0 Å². The van der Waals surface area contributed by atoms with Crippen molar-refractivity contribution in [3.63, 3.8) is 0 Å². The Hall–Kier alpha value is -0.530. The lowest BCUT2D eigenvalue weighted by Crippen LogP contribution is -2.28. The number of aliphatic carboxylic acids is 1. The molecule has 0 aliphatic rings. The van der Waals surface area contributed by atoms with Crippen LogP contribution in [0.1, 0.15) is 47.0 Å². The molecule has 0 heterocycles. The molecule has 0 amide bonds. The zero-order chi connectivity index (χ0) is 9.78. The quantitative estimate of drug-likeness (QED) is 0.692. The standard InChI is InChI=1S/C10H20O2/c1-5-10(6-2,8(3)4)7-9(11)12/h8H,5-7H2,1-4H3,(H,11,12). The van der Waals surface area contributed by atoms with E-state index in [0.29, 0.717) is 12.3 Å². The summed E-state index contributed by atoms with van der Waals surface area (Å²) in [6, 6.07) is 0. The summed E-state index contributed by atoms with van der Waals surface area (Å²) < 4.78 is 0. The number of carboxylic acid groups (broad SMARTS) is 1. The van der Waals surface area contributed by atoms with Gasteiger partial charge in [-0.3, -0.25) is 4.79 Å². The van der Waals surface area contributed by atoms with Crippen LogP contribution in [-0.2, 0) is 4.79 Å². The van der Waals surface area contributed by atoms with Gasteiger partial charge in [0.05, 0.1) is 6.42 Å². The maximum absolute atomic E-state index is 10.6. The van der Waals surface area contributed by atoms with E-state index in [-0.39, 0.29) is 5.41 Å². The lowest BCUT2D eigenvalue weighted by molar-refractivity contribution is -0.140. The van der Waals surface area contributed by atoms with E-state index in [2.05, 4.69) is 27.7 Å². The zero-order valence-corrected chi connectivity index (χ0v) is 8.55. The zero-order valence-electron chi connectivity index (χ0n) is 8.55. The molecule has 0 aromatic rings. The van der Waals surface area contributed by atoms with Gasteiger partial charge in [0.15, 0.2) is 0 Å². The van der Waals surface area contributed by atoms with Crippen LogP contribution in [0.15, 0.2) is 0 Å². The van der Waals surface area contributed by atoms with E-state index in [1.54, 1.807) is 0 Å². The van der Waals surface area contributed by atoms with Crippen molar-refractivity contribution in [2.24, 2.45) is 11.3 Å². The smallest absolute Gasteiger partial charge is 0.303 e. The van der Waals surface area contributed by atoms with Crippen LogP contribution < -0.4 is 0 Å². The first kappa shape index (κ1) is 11.5. The Morgan fingerprint density at radius 1 is 1.33 bits per heavy atom. The van der Waals surface area contributed by atoms with Crippen molar-refractivity contribution >= 4 is 5.97 Å². The van der Waals surface area contributed by atoms with Gasteiger partial charge < -0.3 is 5.11 Å². The van der Waals surface area contributed by atoms with Gasteiger partial charge in [0.1, 0.15) is 0 Å². The highest BCUT2D eigenvalue weighted by Gasteiger charge is 2.32. The lowest BCUT2D eigenvalue weighted by Gasteiger charge is -2.34.